The molecular formula is C14H16N2O2S. The SMILES string of the molecule is CN(CCc1ccncc1)Cc1ccc(C(=O)O)s1. The molecule has 0 aliphatic rings. The van der Waals surface area contributed by atoms with Crippen LogP contribution in [0.3, 0.4) is 0 Å². The van der Waals surface area contributed by atoms with Gasteiger partial charge >= 0.3 is 5.97 Å². The molecule has 0 spiro atoms. The molecule has 4 nitrogen and oxygen atoms in total. The molecule has 19 heavy (non-hydrogen) atoms. The second kappa shape index (κ2) is 6.45. The second-order valence-corrected chi connectivity index (χ2v) is 5.58. The first-order chi connectivity index (χ1) is 9.15. The van der Waals surface area contributed by atoms with E-state index in [4.69, 9.17) is 5.11 Å². The van der Waals surface area contributed by atoms with Crippen molar-refractivity contribution in [2.45, 2.75) is 13.0 Å². The molecule has 0 saturated heterocycles. The fourth-order valence-electron chi connectivity index (χ4n) is 1.79. The highest BCUT2D eigenvalue weighted by Crippen LogP contribution is 2.17. The number of carboxylic acid groups (broad SMARTS) is 1. The summed E-state index contributed by atoms with van der Waals surface area (Å²) < 4.78 is 0. The first-order valence-corrected chi connectivity index (χ1v) is 6.86. The molecule has 0 unspecified atom stereocenters. The number of carbonyl (C=O) groups is 1. The first kappa shape index (κ1) is 13.7. The lowest BCUT2D eigenvalue weighted by atomic mass is 10.2. The van der Waals surface area contributed by atoms with Crippen molar-refractivity contribution >= 4 is 17.3 Å². The molecule has 2 heterocycles. The number of carboxylic acids is 1. The largest absolute Gasteiger partial charge is 0.477 e. The van der Waals surface area contributed by atoms with Crippen LogP contribution in [-0.4, -0.2) is 34.6 Å². The van der Waals surface area contributed by atoms with Gasteiger partial charge in [0.05, 0.1) is 0 Å². The molecule has 1 N–H and O–H groups in total. The minimum Gasteiger partial charge on any atom is -0.477 e. The molecule has 100 valence electrons. The summed E-state index contributed by atoms with van der Waals surface area (Å²) in [5.41, 5.74) is 1.26. The van der Waals surface area contributed by atoms with Gasteiger partial charge in [0.15, 0.2) is 0 Å². The molecule has 0 fully saturated rings. The minimum absolute atomic E-state index is 0.400. The maximum absolute atomic E-state index is 10.8. The fraction of sp³-hybridized carbons (Fsp3) is 0.286. The van der Waals surface area contributed by atoms with E-state index in [9.17, 15) is 4.79 Å². The molecule has 2 aromatic rings. The lowest BCUT2D eigenvalue weighted by Gasteiger charge is -2.15. The average Bonchev–Trinajstić information content (AvgIpc) is 2.86. The van der Waals surface area contributed by atoms with Crippen LogP contribution in [0.5, 0.6) is 0 Å². The van der Waals surface area contributed by atoms with Crippen LogP contribution in [0.25, 0.3) is 0 Å². The van der Waals surface area contributed by atoms with Crippen molar-refractivity contribution in [2.75, 3.05) is 13.6 Å². The van der Waals surface area contributed by atoms with Crippen molar-refractivity contribution in [3.63, 3.8) is 0 Å². The van der Waals surface area contributed by atoms with Gasteiger partial charge in [0, 0.05) is 30.4 Å². The Kier molecular flexibility index (Phi) is 4.65. The molecule has 2 rings (SSSR count). The number of pyridine rings is 1. The highest BCUT2D eigenvalue weighted by Gasteiger charge is 2.08. The fourth-order valence-corrected chi connectivity index (χ4v) is 2.72. The van der Waals surface area contributed by atoms with Crippen molar-refractivity contribution < 1.29 is 9.90 Å². The molecule has 0 atom stereocenters. The van der Waals surface area contributed by atoms with Crippen molar-refractivity contribution in [1.82, 2.24) is 9.88 Å². The smallest absolute Gasteiger partial charge is 0.345 e. The Hall–Kier alpha value is -1.72. The van der Waals surface area contributed by atoms with Crippen LogP contribution in [0.4, 0.5) is 0 Å². The van der Waals surface area contributed by atoms with Crippen molar-refractivity contribution in [1.29, 1.82) is 0 Å². The number of rotatable bonds is 6. The molecule has 0 aliphatic heterocycles. The monoisotopic (exact) mass is 276 g/mol. The van der Waals surface area contributed by atoms with E-state index in [0.717, 1.165) is 24.4 Å². The zero-order valence-electron chi connectivity index (χ0n) is 10.7. The summed E-state index contributed by atoms with van der Waals surface area (Å²) in [6, 6.07) is 7.58. The number of hydrogen-bond donors (Lipinski definition) is 1. The van der Waals surface area contributed by atoms with Gasteiger partial charge in [0.1, 0.15) is 4.88 Å². The molecule has 0 aromatic carbocycles. The predicted molar refractivity (Wildman–Crippen MR) is 75.6 cm³/mol. The highest BCUT2D eigenvalue weighted by molar-refractivity contribution is 7.13. The van der Waals surface area contributed by atoms with Gasteiger partial charge in [-0.05, 0) is 43.3 Å². The molecule has 2 aromatic heterocycles. The number of likely N-dealkylation sites (N-methyl/N-ethyl adjacent to an activating group) is 1. The van der Waals surface area contributed by atoms with Crippen LogP contribution in [-0.2, 0) is 13.0 Å². The number of aromatic carboxylic acids is 1. The van der Waals surface area contributed by atoms with E-state index in [2.05, 4.69) is 9.88 Å². The summed E-state index contributed by atoms with van der Waals surface area (Å²) in [7, 11) is 2.04. The van der Waals surface area contributed by atoms with E-state index < -0.39 is 5.97 Å². The zero-order chi connectivity index (χ0) is 13.7. The Balaban J connectivity index is 1.83. The molecule has 5 heteroatoms. The molecule has 0 amide bonds. The summed E-state index contributed by atoms with van der Waals surface area (Å²) in [6.07, 6.45) is 4.57. The Morgan fingerprint density at radius 3 is 2.68 bits per heavy atom. The topological polar surface area (TPSA) is 53.4 Å². The molecule has 0 saturated carbocycles. The third-order valence-electron chi connectivity index (χ3n) is 2.83. The van der Waals surface area contributed by atoms with Gasteiger partial charge in [0.2, 0.25) is 0 Å². The van der Waals surface area contributed by atoms with Crippen molar-refractivity contribution in [2.24, 2.45) is 0 Å². The lowest BCUT2D eigenvalue weighted by molar-refractivity contribution is 0.0702. The summed E-state index contributed by atoms with van der Waals surface area (Å²) in [6.45, 7) is 1.72. The highest BCUT2D eigenvalue weighted by atomic mass is 32.1. The maximum Gasteiger partial charge on any atom is 0.345 e. The van der Waals surface area contributed by atoms with E-state index in [1.165, 1.54) is 16.9 Å². The Morgan fingerprint density at radius 2 is 2.05 bits per heavy atom. The Morgan fingerprint density at radius 1 is 1.32 bits per heavy atom. The molecule has 0 aliphatic carbocycles. The predicted octanol–water partition coefficient (Wildman–Crippen LogP) is 2.52. The number of thiophene rings is 1. The van der Waals surface area contributed by atoms with E-state index in [1.54, 1.807) is 18.5 Å². The van der Waals surface area contributed by atoms with Crippen LogP contribution in [0, 0.1) is 0 Å². The van der Waals surface area contributed by atoms with Gasteiger partial charge in [-0.15, -0.1) is 11.3 Å². The minimum atomic E-state index is -0.851. The zero-order valence-corrected chi connectivity index (χ0v) is 11.6. The Bertz CT molecular complexity index is 539. The van der Waals surface area contributed by atoms with Gasteiger partial charge in [-0.2, -0.15) is 0 Å². The van der Waals surface area contributed by atoms with Gasteiger partial charge in [-0.3, -0.25) is 4.98 Å². The standard InChI is InChI=1S/C14H16N2O2S/c1-16(9-6-11-4-7-15-8-5-11)10-12-2-3-13(19-12)14(17)18/h2-5,7-8H,6,9-10H2,1H3,(H,17,18). The third-order valence-corrected chi connectivity index (χ3v) is 3.89. The van der Waals surface area contributed by atoms with E-state index in [-0.39, 0.29) is 0 Å². The van der Waals surface area contributed by atoms with Crippen LogP contribution in [0.1, 0.15) is 20.1 Å². The maximum atomic E-state index is 10.8. The first-order valence-electron chi connectivity index (χ1n) is 6.04. The van der Waals surface area contributed by atoms with Crippen molar-refractivity contribution in [3.05, 3.63) is 52.0 Å². The van der Waals surface area contributed by atoms with Gasteiger partial charge in [-0.25, -0.2) is 4.79 Å². The van der Waals surface area contributed by atoms with Crippen molar-refractivity contribution in [3.8, 4) is 0 Å². The molecular weight excluding hydrogens is 260 g/mol. The third kappa shape index (κ3) is 4.15. The second-order valence-electron chi connectivity index (χ2n) is 4.41. The van der Waals surface area contributed by atoms with Crippen LogP contribution in [0.15, 0.2) is 36.7 Å². The van der Waals surface area contributed by atoms with Gasteiger partial charge in [-0.1, -0.05) is 0 Å². The van der Waals surface area contributed by atoms with E-state index in [1.807, 2.05) is 25.2 Å². The quantitative estimate of drug-likeness (QED) is 0.881. The van der Waals surface area contributed by atoms with Crippen LogP contribution in [0.2, 0.25) is 0 Å². The van der Waals surface area contributed by atoms with Gasteiger partial charge < -0.3 is 10.0 Å². The van der Waals surface area contributed by atoms with Crippen LogP contribution >= 0.6 is 11.3 Å². The van der Waals surface area contributed by atoms with E-state index >= 15 is 0 Å². The molecule has 0 radical (unpaired) electrons. The lowest BCUT2D eigenvalue weighted by Crippen LogP contribution is -2.20. The summed E-state index contributed by atoms with van der Waals surface area (Å²) in [4.78, 5) is 18.5. The summed E-state index contributed by atoms with van der Waals surface area (Å²) >= 11 is 1.34. The van der Waals surface area contributed by atoms with Crippen LogP contribution < -0.4 is 0 Å². The van der Waals surface area contributed by atoms with Gasteiger partial charge in [0.25, 0.3) is 0 Å². The number of nitrogens with zero attached hydrogens (tertiary/aromatic N) is 2. The molecule has 0 bridgehead atoms. The summed E-state index contributed by atoms with van der Waals surface area (Å²) in [5, 5.41) is 8.88. The summed E-state index contributed by atoms with van der Waals surface area (Å²) in [5.74, 6) is -0.851. The normalized spacial score (nSPS) is 10.8. The average molecular weight is 276 g/mol. The van der Waals surface area contributed by atoms with E-state index in [0.29, 0.717) is 4.88 Å². The Labute approximate surface area is 116 Å². The number of aromatic nitrogens is 1. The number of hydrogen-bond acceptors (Lipinski definition) is 4.